The van der Waals surface area contributed by atoms with Crippen LogP contribution < -0.4 is 20.1 Å². The van der Waals surface area contributed by atoms with Gasteiger partial charge in [0.25, 0.3) is 5.91 Å². The van der Waals surface area contributed by atoms with E-state index in [4.69, 9.17) is 9.47 Å². The number of nitrogens with zero attached hydrogens (tertiary/aromatic N) is 1. The maximum Gasteiger partial charge on any atom is 0.251 e. The first kappa shape index (κ1) is 23.7. The quantitative estimate of drug-likeness (QED) is 0.675. The zero-order valence-corrected chi connectivity index (χ0v) is 18.8. The summed E-state index contributed by atoms with van der Waals surface area (Å²) in [6.07, 6.45) is 0. The molecule has 2 aromatic carbocycles. The highest BCUT2D eigenvalue weighted by Crippen LogP contribution is 2.23. The second kappa shape index (κ2) is 10.5. The Morgan fingerprint density at radius 3 is 1.97 bits per heavy atom. The van der Waals surface area contributed by atoms with Crippen LogP contribution >= 0.6 is 0 Å². The molecule has 166 valence electrons. The Hall–Kier alpha value is -3.55. The Bertz CT molecular complexity index is 942. The molecule has 2 rings (SSSR count). The molecule has 2 N–H and O–H groups in total. The third-order valence-electron chi connectivity index (χ3n) is 4.76. The van der Waals surface area contributed by atoms with E-state index in [1.165, 1.54) is 26.2 Å². The number of hydrogen-bond donors (Lipinski definition) is 2. The van der Waals surface area contributed by atoms with E-state index in [9.17, 15) is 14.4 Å². The number of likely N-dealkylation sites (N-methyl/N-ethyl adjacent to an activating group) is 1. The number of carbonyl (C=O) groups excluding carboxylic acids is 3. The first-order valence-electron chi connectivity index (χ1n) is 9.77. The number of nitrogens with one attached hydrogen (secondary N) is 2. The van der Waals surface area contributed by atoms with Gasteiger partial charge in [0.1, 0.15) is 11.5 Å². The van der Waals surface area contributed by atoms with Crippen molar-refractivity contribution in [3.63, 3.8) is 0 Å². The largest absolute Gasteiger partial charge is 0.497 e. The molecule has 0 unspecified atom stereocenters. The van der Waals surface area contributed by atoms with Crippen molar-refractivity contribution in [2.75, 3.05) is 39.7 Å². The van der Waals surface area contributed by atoms with Crippen LogP contribution in [-0.4, -0.2) is 57.0 Å². The van der Waals surface area contributed by atoms with Crippen LogP contribution in [0, 0.1) is 20.8 Å². The van der Waals surface area contributed by atoms with Gasteiger partial charge in [-0.25, -0.2) is 0 Å². The summed E-state index contributed by atoms with van der Waals surface area (Å²) in [5, 5.41) is 5.42. The molecule has 0 spiro atoms. The van der Waals surface area contributed by atoms with E-state index in [1.807, 2.05) is 32.9 Å². The van der Waals surface area contributed by atoms with Gasteiger partial charge in [0.15, 0.2) is 0 Å². The maximum atomic E-state index is 12.4. The molecule has 0 aliphatic heterocycles. The van der Waals surface area contributed by atoms with Crippen molar-refractivity contribution in [3.8, 4) is 11.5 Å². The minimum atomic E-state index is -0.450. The fraction of sp³-hybridized carbons (Fsp3) is 0.348. The van der Waals surface area contributed by atoms with Crippen LogP contribution in [0.1, 0.15) is 27.0 Å². The second-order valence-electron chi connectivity index (χ2n) is 7.36. The number of carbonyl (C=O) groups is 3. The third-order valence-corrected chi connectivity index (χ3v) is 4.76. The van der Waals surface area contributed by atoms with E-state index < -0.39 is 11.8 Å². The van der Waals surface area contributed by atoms with E-state index in [0.29, 0.717) is 17.1 Å². The van der Waals surface area contributed by atoms with Gasteiger partial charge in [-0.1, -0.05) is 17.7 Å². The second-order valence-corrected chi connectivity index (χ2v) is 7.36. The van der Waals surface area contributed by atoms with Crippen LogP contribution in [0.5, 0.6) is 11.5 Å². The van der Waals surface area contributed by atoms with E-state index in [2.05, 4.69) is 10.6 Å². The Morgan fingerprint density at radius 2 is 1.45 bits per heavy atom. The molecule has 0 bridgehead atoms. The number of anilines is 1. The SMILES string of the molecule is COc1cc(OC)cc(C(=O)NCC(=O)N(C)CC(=O)Nc2c(C)cc(C)cc2C)c1. The van der Waals surface area contributed by atoms with Crippen LogP contribution in [0.15, 0.2) is 30.3 Å². The lowest BCUT2D eigenvalue weighted by Crippen LogP contribution is -2.41. The molecular weight excluding hydrogens is 398 g/mol. The zero-order chi connectivity index (χ0) is 23.1. The van der Waals surface area contributed by atoms with Crippen LogP contribution in [0.2, 0.25) is 0 Å². The zero-order valence-electron chi connectivity index (χ0n) is 18.8. The van der Waals surface area contributed by atoms with Gasteiger partial charge < -0.3 is 25.0 Å². The van der Waals surface area contributed by atoms with Gasteiger partial charge in [-0.3, -0.25) is 14.4 Å². The molecule has 8 heteroatoms. The molecule has 0 atom stereocenters. The van der Waals surface area contributed by atoms with Crippen molar-refractivity contribution in [1.82, 2.24) is 10.2 Å². The predicted molar refractivity (Wildman–Crippen MR) is 119 cm³/mol. The van der Waals surface area contributed by atoms with Crippen LogP contribution in [0.3, 0.4) is 0 Å². The molecule has 31 heavy (non-hydrogen) atoms. The molecule has 0 aliphatic carbocycles. The molecule has 0 aromatic heterocycles. The van der Waals surface area contributed by atoms with Crippen molar-refractivity contribution in [1.29, 1.82) is 0 Å². The molecule has 3 amide bonds. The van der Waals surface area contributed by atoms with Gasteiger partial charge in [-0.05, 0) is 44.0 Å². The summed E-state index contributed by atoms with van der Waals surface area (Å²) >= 11 is 0. The number of ether oxygens (including phenoxy) is 2. The topological polar surface area (TPSA) is 97.0 Å². The fourth-order valence-electron chi connectivity index (χ4n) is 3.19. The standard InChI is InChI=1S/C23H29N3O5/c1-14-7-15(2)22(16(3)8-14)25-20(27)13-26(4)21(28)12-24-23(29)17-9-18(30-5)11-19(10-17)31-6/h7-11H,12-13H2,1-6H3,(H,24,29)(H,25,27). The molecule has 0 heterocycles. The number of methoxy groups -OCH3 is 2. The molecule has 2 aromatic rings. The molecular formula is C23H29N3O5. The monoisotopic (exact) mass is 427 g/mol. The number of hydrogen-bond acceptors (Lipinski definition) is 5. The summed E-state index contributed by atoms with van der Waals surface area (Å²) in [6.45, 7) is 5.47. The van der Waals surface area contributed by atoms with Crippen molar-refractivity contribution < 1.29 is 23.9 Å². The van der Waals surface area contributed by atoms with Crippen molar-refractivity contribution in [2.24, 2.45) is 0 Å². The summed E-state index contributed by atoms with van der Waals surface area (Å²) in [4.78, 5) is 38.4. The molecule has 0 saturated carbocycles. The lowest BCUT2D eigenvalue weighted by molar-refractivity contribution is -0.132. The number of benzene rings is 2. The Morgan fingerprint density at radius 1 is 0.903 bits per heavy atom. The molecule has 0 radical (unpaired) electrons. The van der Waals surface area contributed by atoms with Gasteiger partial charge >= 0.3 is 0 Å². The minimum absolute atomic E-state index is 0.131. The first-order valence-corrected chi connectivity index (χ1v) is 9.77. The van der Waals surface area contributed by atoms with Gasteiger partial charge in [0, 0.05) is 24.4 Å². The lowest BCUT2D eigenvalue weighted by Gasteiger charge is -2.19. The van der Waals surface area contributed by atoms with Gasteiger partial charge in [0.2, 0.25) is 11.8 Å². The Kier molecular flexibility index (Phi) is 8.01. The highest BCUT2D eigenvalue weighted by Gasteiger charge is 2.17. The van der Waals surface area contributed by atoms with Crippen molar-refractivity contribution in [2.45, 2.75) is 20.8 Å². The number of aryl methyl sites for hydroxylation is 3. The average molecular weight is 428 g/mol. The van der Waals surface area contributed by atoms with Crippen LogP contribution in [0.25, 0.3) is 0 Å². The fourth-order valence-corrected chi connectivity index (χ4v) is 3.19. The third kappa shape index (κ3) is 6.47. The van der Waals surface area contributed by atoms with Gasteiger partial charge in [-0.15, -0.1) is 0 Å². The molecule has 0 aliphatic rings. The van der Waals surface area contributed by atoms with E-state index in [1.54, 1.807) is 18.2 Å². The molecule has 0 fully saturated rings. The Labute approximate surface area is 182 Å². The van der Waals surface area contributed by atoms with Crippen molar-refractivity contribution in [3.05, 3.63) is 52.6 Å². The summed E-state index contributed by atoms with van der Waals surface area (Å²) in [6, 6.07) is 8.71. The van der Waals surface area contributed by atoms with Gasteiger partial charge in [-0.2, -0.15) is 0 Å². The van der Waals surface area contributed by atoms with Gasteiger partial charge in [0.05, 0.1) is 27.3 Å². The average Bonchev–Trinajstić information content (AvgIpc) is 2.73. The number of amides is 3. The summed E-state index contributed by atoms with van der Waals surface area (Å²) in [7, 11) is 4.48. The minimum Gasteiger partial charge on any atom is -0.497 e. The summed E-state index contributed by atoms with van der Waals surface area (Å²) < 4.78 is 10.3. The first-order chi connectivity index (χ1) is 14.6. The van der Waals surface area contributed by atoms with Crippen LogP contribution in [0.4, 0.5) is 5.69 Å². The van der Waals surface area contributed by atoms with Crippen molar-refractivity contribution >= 4 is 23.4 Å². The van der Waals surface area contributed by atoms with E-state index in [-0.39, 0.29) is 19.0 Å². The predicted octanol–water partition coefficient (Wildman–Crippen LogP) is 2.46. The Balaban J connectivity index is 1.92. The van der Waals surface area contributed by atoms with Crippen LogP contribution in [-0.2, 0) is 9.59 Å². The highest BCUT2D eigenvalue weighted by atomic mass is 16.5. The molecule has 8 nitrogen and oxygen atoms in total. The normalized spacial score (nSPS) is 10.3. The highest BCUT2D eigenvalue weighted by molar-refractivity contribution is 5.98. The summed E-state index contributed by atoms with van der Waals surface area (Å²) in [5.41, 5.74) is 4.08. The van der Waals surface area contributed by atoms with E-state index >= 15 is 0 Å². The smallest absolute Gasteiger partial charge is 0.251 e. The lowest BCUT2D eigenvalue weighted by atomic mass is 10.1. The molecule has 0 saturated heterocycles. The maximum absolute atomic E-state index is 12.4. The van der Waals surface area contributed by atoms with E-state index in [0.717, 1.165) is 22.4 Å². The summed E-state index contributed by atoms with van der Waals surface area (Å²) in [5.74, 6) is -0.225. The number of rotatable bonds is 8.